The summed E-state index contributed by atoms with van der Waals surface area (Å²) in [5.41, 5.74) is 7.72. The van der Waals surface area contributed by atoms with Crippen LogP contribution in [0.15, 0.2) is 24.3 Å². The third-order valence-electron chi connectivity index (χ3n) is 3.18. The third kappa shape index (κ3) is 3.43. The highest BCUT2D eigenvalue weighted by Crippen LogP contribution is 2.23. The second-order valence-corrected chi connectivity index (χ2v) is 5.88. The predicted molar refractivity (Wildman–Crippen MR) is 74.5 cm³/mol. The number of hydrogen-bond donors (Lipinski definition) is 1. The molecular weight excluding hydrogens is 313 g/mol. The van der Waals surface area contributed by atoms with Crippen LogP contribution in [0.2, 0.25) is 0 Å². The van der Waals surface area contributed by atoms with Crippen LogP contribution in [0, 0.1) is 3.57 Å². The molecule has 0 spiro atoms. The van der Waals surface area contributed by atoms with Gasteiger partial charge in [0.15, 0.2) is 0 Å². The maximum Gasteiger partial charge on any atom is 0.0483 e. The van der Waals surface area contributed by atoms with Crippen molar-refractivity contribution in [3.05, 3.63) is 33.4 Å². The first-order valence-corrected chi connectivity index (χ1v) is 6.87. The van der Waals surface area contributed by atoms with Crippen LogP contribution in [0.3, 0.4) is 0 Å². The van der Waals surface area contributed by atoms with Crippen molar-refractivity contribution in [2.45, 2.75) is 31.2 Å². The highest BCUT2D eigenvalue weighted by molar-refractivity contribution is 14.1. The molecule has 0 amide bonds. The molecule has 2 N–H and O–H groups in total. The molecule has 1 aliphatic heterocycles. The predicted octanol–water partition coefficient (Wildman–Crippen LogP) is 2.73. The van der Waals surface area contributed by atoms with Gasteiger partial charge >= 0.3 is 0 Å². The average molecular weight is 331 g/mol. The van der Waals surface area contributed by atoms with E-state index in [-0.39, 0.29) is 5.54 Å². The van der Waals surface area contributed by atoms with E-state index < -0.39 is 0 Å². The molecule has 88 valence electrons. The van der Waals surface area contributed by atoms with Crippen molar-refractivity contribution < 1.29 is 4.74 Å². The number of ether oxygens (including phenoxy) is 1. The summed E-state index contributed by atoms with van der Waals surface area (Å²) in [5, 5.41) is 0. The Morgan fingerprint density at radius 2 is 1.94 bits per heavy atom. The van der Waals surface area contributed by atoms with Crippen LogP contribution in [-0.4, -0.2) is 18.8 Å². The molecule has 1 unspecified atom stereocenters. The normalized spacial score (nSPS) is 26.4. The van der Waals surface area contributed by atoms with Crippen molar-refractivity contribution >= 4 is 22.6 Å². The zero-order valence-corrected chi connectivity index (χ0v) is 11.6. The lowest BCUT2D eigenvalue weighted by Crippen LogP contribution is -2.42. The second-order valence-electron chi connectivity index (χ2n) is 4.63. The lowest BCUT2D eigenvalue weighted by molar-refractivity contribution is 0.139. The van der Waals surface area contributed by atoms with Gasteiger partial charge in [0.2, 0.25) is 0 Å². The number of nitrogens with two attached hydrogens (primary N) is 1. The fourth-order valence-electron chi connectivity index (χ4n) is 2.21. The number of benzene rings is 1. The molecule has 2 rings (SSSR count). The van der Waals surface area contributed by atoms with Crippen molar-refractivity contribution in [2.75, 3.05) is 13.2 Å². The van der Waals surface area contributed by atoms with Crippen molar-refractivity contribution in [2.24, 2.45) is 5.73 Å². The fraction of sp³-hybridized carbons (Fsp3) is 0.538. The third-order valence-corrected chi connectivity index (χ3v) is 3.90. The van der Waals surface area contributed by atoms with E-state index in [2.05, 4.69) is 46.9 Å². The van der Waals surface area contributed by atoms with Crippen molar-refractivity contribution in [1.29, 1.82) is 0 Å². The molecule has 0 aromatic heterocycles. The monoisotopic (exact) mass is 331 g/mol. The number of hydrogen-bond acceptors (Lipinski definition) is 2. The summed E-state index contributed by atoms with van der Waals surface area (Å²) in [7, 11) is 0. The Morgan fingerprint density at radius 1 is 1.19 bits per heavy atom. The van der Waals surface area contributed by atoms with Crippen LogP contribution in [0.1, 0.15) is 24.8 Å². The molecule has 3 heteroatoms. The Hall–Kier alpha value is -0.130. The van der Waals surface area contributed by atoms with Crippen LogP contribution < -0.4 is 5.73 Å². The molecule has 1 saturated heterocycles. The molecule has 1 atom stereocenters. The van der Waals surface area contributed by atoms with Gasteiger partial charge in [-0.05, 0) is 66.0 Å². The largest absolute Gasteiger partial charge is 0.381 e. The molecule has 1 heterocycles. The lowest BCUT2D eigenvalue weighted by atomic mass is 9.85. The first kappa shape index (κ1) is 12.3. The highest BCUT2D eigenvalue weighted by atomic mass is 127. The molecule has 1 fully saturated rings. The van der Waals surface area contributed by atoms with Crippen molar-refractivity contribution in [3.8, 4) is 0 Å². The zero-order valence-electron chi connectivity index (χ0n) is 9.42. The smallest absolute Gasteiger partial charge is 0.0483 e. The van der Waals surface area contributed by atoms with Crippen LogP contribution in [-0.2, 0) is 11.2 Å². The minimum Gasteiger partial charge on any atom is -0.381 e. The summed E-state index contributed by atoms with van der Waals surface area (Å²) in [5.74, 6) is 0. The molecule has 0 aliphatic carbocycles. The van der Waals surface area contributed by atoms with Gasteiger partial charge in [-0.1, -0.05) is 12.1 Å². The van der Waals surface area contributed by atoms with Gasteiger partial charge in [-0.25, -0.2) is 0 Å². The van der Waals surface area contributed by atoms with E-state index in [0.717, 1.165) is 38.9 Å². The average Bonchev–Trinajstić information content (AvgIpc) is 2.47. The summed E-state index contributed by atoms with van der Waals surface area (Å²) >= 11 is 2.33. The quantitative estimate of drug-likeness (QED) is 0.846. The minimum atomic E-state index is -0.0662. The second kappa shape index (κ2) is 5.47. The Balaban J connectivity index is 2.04. The van der Waals surface area contributed by atoms with E-state index in [4.69, 9.17) is 10.5 Å². The van der Waals surface area contributed by atoms with Gasteiger partial charge < -0.3 is 10.5 Å². The molecule has 1 aromatic rings. The summed E-state index contributed by atoms with van der Waals surface area (Å²) in [6.07, 6.45) is 4.09. The van der Waals surface area contributed by atoms with Gasteiger partial charge in [-0.2, -0.15) is 0 Å². The van der Waals surface area contributed by atoms with E-state index in [9.17, 15) is 0 Å². The summed E-state index contributed by atoms with van der Waals surface area (Å²) in [6.45, 7) is 1.67. The Labute approximate surface area is 111 Å². The fourth-order valence-corrected chi connectivity index (χ4v) is 2.57. The number of rotatable bonds is 2. The molecule has 1 aromatic carbocycles. The van der Waals surface area contributed by atoms with E-state index in [1.807, 2.05) is 0 Å². The molecule has 0 bridgehead atoms. The molecular formula is C13H18INO. The van der Waals surface area contributed by atoms with E-state index in [1.54, 1.807) is 0 Å². The number of halogens is 1. The first-order valence-electron chi connectivity index (χ1n) is 5.79. The molecule has 0 radical (unpaired) electrons. The van der Waals surface area contributed by atoms with E-state index in [1.165, 1.54) is 9.13 Å². The zero-order chi connectivity index (χ0) is 11.4. The van der Waals surface area contributed by atoms with Crippen LogP contribution in [0.4, 0.5) is 0 Å². The van der Waals surface area contributed by atoms with Crippen LogP contribution in [0.5, 0.6) is 0 Å². The van der Waals surface area contributed by atoms with Crippen molar-refractivity contribution in [1.82, 2.24) is 0 Å². The summed E-state index contributed by atoms with van der Waals surface area (Å²) < 4.78 is 6.74. The van der Waals surface area contributed by atoms with Crippen LogP contribution in [0.25, 0.3) is 0 Å². The van der Waals surface area contributed by atoms with E-state index >= 15 is 0 Å². The Morgan fingerprint density at radius 3 is 2.69 bits per heavy atom. The molecule has 0 saturated carbocycles. The Kier molecular flexibility index (Phi) is 4.21. The topological polar surface area (TPSA) is 35.2 Å². The van der Waals surface area contributed by atoms with Gasteiger partial charge in [0.05, 0.1) is 0 Å². The summed E-state index contributed by atoms with van der Waals surface area (Å²) in [4.78, 5) is 0. The van der Waals surface area contributed by atoms with Gasteiger partial charge in [0.1, 0.15) is 0 Å². The SMILES string of the molecule is NC1(Cc2ccc(I)cc2)CCCOCC1. The highest BCUT2D eigenvalue weighted by Gasteiger charge is 2.26. The van der Waals surface area contributed by atoms with Crippen LogP contribution >= 0.6 is 22.6 Å². The van der Waals surface area contributed by atoms with Gasteiger partial charge in [-0.15, -0.1) is 0 Å². The Bertz CT molecular complexity index is 328. The minimum absolute atomic E-state index is 0.0662. The van der Waals surface area contributed by atoms with Gasteiger partial charge in [0, 0.05) is 22.3 Å². The first-order chi connectivity index (χ1) is 7.68. The maximum atomic E-state index is 6.45. The molecule has 1 aliphatic rings. The molecule has 16 heavy (non-hydrogen) atoms. The van der Waals surface area contributed by atoms with E-state index in [0.29, 0.717) is 0 Å². The standard InChI is InChI=1S/C13H18INO/c14-12-4-2-11(3-5-12)10-13(15)6-1-8-16-9-7-13/h2-5H,1,6-10,15H2. The molecule has 2 nitrogen and oxygen atoms in total. The lowest BCUT2D eigenvalue weighted by Gasteiger charge is -2.27. The summed E-state index contributed by atoms with van der Waals surface area (Å²) in [6, 6.07) is 8.66. The maximum absolute atomic E-state index is 6.45. The van der Waals surface area contributed by atoms with Crippen molar-refractivity contribution in [3.63, 3.8) is 0 Å². The van der Waals surface area contributed by atoms with Gasteiger partial charge in [0.25, 0.3) is 0 Å². The van der Waals surface area contributed by atoms with Gasteiger partial charge in [-0.3, -0.25) is 0 Å².